The molecule has 0 aliphatic heterocycles. The summed E-state index contributed by atoms with van der Waals surface area (Å²) in [4.78, 5) is 27.2. The van der Waals surface area contributed by atoms with Crippen LogP contribution < -0.4 is 14.4 Å². The van der Waals surface area contributed by atoms with E-state index in [4.69, 9.17) is 9.47 Å². The molecule has 0 heterocycles. The number of ketones is 1. The van der Waals surface area contributed by atoms with Crippen molar-refractivity contribution in [3.63, 3.8) is 0 Å². The van der Waals surface area contributed by atoms with Crippen LogP contribution in [-0.4, -0.2) is 32.5 Å². The van der Waals surface area contributed by atoms with E-state index in [9.17, 15) is 9.59 Å². The number of carbonyl (C=O) groups is 2. The van der Waals surface area contributed by atoms with Crippen LogP contribution in [0.5, 0.6) is 11.5 Å². The van der Waals surface area contributed by atoms with Crippen LogP contribution in [-0.2, 0) is 4.79 Å². The first-order valence-electron chi connectivity index (χ1n) is 10.5. The van der Waals surface area contributed by atoms with Crippen LogP contribution in [0.3, 0.4) is 0 Å². The monoisotopic (exact) mass is 433 g/mol. The SMILES string of the molecule is C=C/C=C(CCCN(C(=O)c1ccc(OC)c(OC)c1)c1ccccc1)\C(=C/C)C(C)=O. The summed E-state index contributed by atoms with van der Waals surface area (Å²) in [6, 6.07) is 14.7. The first-order valence-corrected chi connectivity index (χ1v) is 10.5. The van der Waals surface area contributed by atoms with Gasteiger partial charge in [-0.25, -0.2) is 0 Å². The number of carbonyl (C=O) groups excluding carboxylic acids is 2. The van der Waals surface area contributed by atoms with Gasteiger partial charge in [0.15, 0.2) is 17.3 Å². The molecule has 0 spiro atoms. The van der Waals surface area contributed by atoms with Crippen LogP contribution in [0.4, 0.5) is 5.69 Å². The third-order valence-corrected chi connectivity index (χ3v) is 5.10. The number of amides is 1. The van der Waals surface area contributed by atoms with Gasteiger partial charge in [-0.2, -0.15) is 0 Å². The molecule has 0 radical (unpaired) electrons. The highest BCUT2D eigenvalue weighted by Crippen LogP contribution is 2.29. The van der Waals surface area contributed by atoms with Gasteiger partial charge in [0.2, 0.25) is 0 Å². The molecule has 2 aromatic carbocycles. The van der Waals surface area contributed by atoms with Crippen molar-refractivity contribution in [2.45, 2.75) is 26.7 Å². The van der Waals surface area contributed by atoms with Crippen molar-refractivity contribution in [3.8, 4) is 11.5 Å². The van der Waals surface area contributed by atoms with Crippen molar-refractivity contribution in [2.75, 3.05) is 25.7 Å². The Labute approximate surface area is 190 Å². The Hall–Kier alpha value is -3.60. The summed E-state index contributed by atoms with van der Waals surface area (Å²) in [5.74, 6) is 0.950. The molecule has 0 N–H and O–H groups in total. The lowest BCUT2D eigenvalue weighted by atomic mass is 9.97. The fourth-order valence-electron chi connectivity index (χ4n) is 3.57. The van der Waals surface area contributed by atoms with E-state index in [0.717, 1.165) is 11.3 Å². The lowest BCUT2D eigenvalue weighted by Crippen LogP contribution is -2.32. The first-order chi connectivity index (χ1) is 15.5. The van der Waals surface area contributed by atoms with Gasteiger partial charge in [-0.15, -0.1) is 0 Å². The van der Waals surface area contributed by atoms with Gasteiger partial charge in [-0.3, -0.25) is 9.59 Å². The van der Waals surface area contributed by atoms with Crippen molar-refractivity contribution in [2.24, 2.45) is 0 Å². The molecule has 0 fully saturated rings. The quantitative estimate of drug-likeness (QED) is 0.333. The second-order valence-corrected chi connectivity index (χ2v) is 7.15. The molecule has 0 bridgehead atoms. The zero-order valence-electron chi connectivity index (χ0n) is 19.3. The first kappa shape index (κ1) is 24.7. The van der Waals surface area contributed by atoms with Gasteiger partial charge in [0.05, 0.1) is 14.2 Å². The molecular weight excluding hydrogens is 402 g/mol. The van der Waals surface area contributed by atoms with Gasteiger partial charge in [-0.1, -0.05) is 43.0 Å². The fourth-order valence-corrected chi connectivity index (χ4v) is 3.57. The molecule has 0 aliphatic rings. The van der Waals surface area contributed by atoms with E-state index in [1.54, 1.807) is 50.3 Å². The van der Waals surface area contributed by atoms with Crippen LogP contribution in [0.15, 0.2) is 84.5 Å². The number of Topliss-reactive ketones (excluding diaryl/α,β-unsaturated/α-hetero) is 1. The molecule has 2 aromatic rings. The number of nitrogens with zero attached hydrogens (tertiary/aromatic N) is 1. The molecule has 0 saturated heterocycles. The second-order valence-electron chi connectivity index (χ2n) is 7.15. The van der Waals surface area contributed by atoms with E-state index >= 15 is 0 Å². The highest BCUT2D eigenvalue weighted by Gasteiger charge is 2.20. The van der Waals surface area contributed by atoms with Crippen molar-refractivity contribution in [1.82, 2.24) is 0 Å². The normalized spacial score (nSPS) is 11.6. The molecule has 0 aromatic heterocycles. The summed E-state index contributed by atoms with van der Waals surface area (Å²) in [7, 11) is 3.10. The Kier molecular flexibility index (Phi) is 9.48. The molecule has 5 heteroatoms. The van der Waals surface area contributed by atoms with Crippen molar-refractivity contribution >= 4 is 17.4 Å². The van der Waals surface area contributed by atoms with E-state index in [0.29, 0.717) is 42.0 Å². The van der Waals surface area contributed by atoms with E-state index in [2.05, 4.69) is 6.58 Å². The largest absolute Gasteiger partial charge is 0.493 e. The standard InChI is InChI=1S/C27H31NO4/c1-6-12-21(24(7-2)20(3)29)13-11-18-28(23-14-9-8-10-15-23)27(30)22-16-17-25(31-4)26(19-22)32-5/h6-10,12,14-17,19H,1,11,13,18H2,2-5H3/b21-12-,24-7-. The van der Waals surface area contributed by atoms with E-state index < -0.39 is 0 Å². The number of anilines is 1. The number of rotatable bonds is 11. The third-order valence-electron chi connectivity index (χ3n) is 5.10. The average Bonchev–Trinajstić information content (AvgIpc) is 2.81. The molecule has 0 aliphatic carbocycles. The molecule has 1 amide bonds. The minimum atomic E-state index is -0.135. The number of methoxy groups -OCH3 is 2. The molecule has 2 rings (SSSR count). The Morgan fingerprint density at radius 3 is 2.28 bits per heavy atom. The zero-order valence-corrected chi connectivity index (χ0v) is 19.3. The van der Waals surface area contributed by atoms with Crippen molar-refractivity contribution in [3.05, 3.63) is 90.0 Å². The van der Waals surface area contributed by atoms with E-state index in [1.807, 2.05) is 49.4 Å². The molecule has 0 saturated carbocycles. The van der Waals surface area contributed by atoms with Gasteiger partial charge in [0.25, 0.3) is 5.91 Å². The molecule has 5 nitrogen and oxygen atoms in total. The fraction of sp³-hybridized carbons (Fsp3) is 0.259. The number of hydrogen-bond acceptors (Lipinski definition) is 4. The van der Waals surface area contributed by atoms with Crippen LogP contribution in [0.25, 0.3) is 0 Å². The smallest absolute Gasteiger partial charge is 0.258 e. The predicted molar refractivity (Wildman–Crippen MR) is 130 cm³/mol. The third kappa shape index (κ3) is 6.20. The molecule has 168 valence electrons. The number of allylic oxidation sites excluding steroid dienone is 5. The minimum Gasteiger partial charge on any atom is -0.493 e. The van der Waals surface area contributed by atoms with Crippen LogP contribution in [0.1, 0.15) is 37.0 Å². The number of ether oxygens (including phenoxy) is 2. The highest BCUT2D eigenvalue weighted by atomic mass is 16.5. The molecular formula is C27H31NO4. The maximum atomic E-state index is 13.4. The molecule has 32 heavy (non-hydrogen) atoms. The van der Waals surface area contributed by atoms with Crippen LogP contribution >= 0.6 is 0 Å². The average molecular weight is 434 g/mol. The molecule has 0 unspecified atom stereocenters. The van der Waals surface area contributed by atoms with Gasteiger partial charge in [0.1, 0.15) is 0 Å². The van der Waals surface area contributed by atoms with E-state index in [1.165, 1.54) is 0 Å². The Balaban J connectivity index is 2.29. The topological polar surface area (TPSA) is 55.8 Å². The Morgan fingerprint density at radius 1 is 1.03 bits per heavy atom. The lowest BCUT2D eigenvalue weighted by Gasteiger charge is -2.24. The summed E-state index contributed by atoms with van der Waals surface area (Å²) in [5.41, 5.74) is 2.91. The van der Waals surface area contributed by atoms with Gasteiger partial charge in [0, 0.05) is 23.4 Å². The minimum absolute atomic E-state index is 0.0157. The zero-order chi connectivity index (χ0) is 23.5. The lowest BCUT2D eigenvalue weighted by molar-refractivity contribution is -0.113. The maximum absolute atomic E-state index is 13.4. The number of para-hydroxylation sites is 1. The Morgan fingerprint density at radius 2 is 1.72 bits per heavy atom. The number of benzene rings is 2. The molecule has 0 atom stereocenters. The van der Waals surface area contributed by atoms with Crippen LogP contribution in [0, 0.1) is 0 Å². The van der Waals surface area contributed by atoms with Crippen molar-refractivity contribution in [1.29, 1.82) is 0 Å². The van der Waals surface area contributed by atoms with Gasteiger partial charge >= 0.3 is 0 Å². The maximum Gasteiger partial charge on any atom is 0.258 e. The predicted octanol–water partition coefficient (Wildman–Crippen LogP) is 5.78. The Bertz CT molecular complexity index is 1010. The van der Waals surface area contributed by atoms with Gasteiger partial charge in [-0.05, 0) is 62.6 Å². The second kappa shape index (κ2) is 12.3. The van der Waals surface area contributed by atoms with E-state index in [-0.39, 0.29) is 11.7 Å². The van der Waals surface area contributed by atoms with Crippen LogP contribution in [0.2, 0.25) is 0 Å². The summed E-state index contributed by atoms with van der Waals surface area (Å²) in [5, 5.41) is 0. The summed E-state index contributed by atoms with van der Waals surface area (Å²) in [6.45, 7) is 7.66. The highest BCUT2D eigenvalue weighted by molar-refractivity contribution is 6.06. The summed E-state index contributed by atoms with van der Waals surface area (Å²) >= 11 is 0. The summed E-state index contributed by atoms with van der Waals surface area (Å²) in [6.07, 6.45) is 6.69. The van der Waals surface area contributed by atoms with Crippen molar-refractivity contribution < 1.29 is 19.1 Å². The number of hydrogen-bond donors (Lipinski definition) is 0. The summed E-state index contributed by atoms with van der Waals surface area (Å²) < 4.78 is 10.6. The van der Waals surface area contributed by atoms with Gasteiger partial charge < -0.3 is 14.4 Å².